The minimum absolute atomic E-state index is 0.0797. The van der Waals surface area contributed by atoms with Gasteiger partial charge >= 0.3 is 5.97 Å². The van der Waals surface area contributed by atoms with Gasteiger partial charge in [-0.25, -0.2) is 4.79 Å². The van der Waals surface area contributed by atoms with Gasteiger partial charge in [0.05, 0.1) is 19.8 Å². The number of hydrogen-bond acceptors (Lipinski definition) is 3. The monoisotopic (exact) mass is 351 g/mol. The van der Waals surface area contributed by atoms with Crippen LogP contribution in [0.2, 0.25) is 0 Å². The quantitative estimate of drug-likeness (QED) is 0.526. The minimum Gasteiger partial charge on any atom is -0.450 e. The molecule has 1 spiro atoms. The molecule has 5 heteroatoms. The summed E-state index contributed by atoms with van der Waals surface area (Å²) in [7, 11) is 0. The van der Waals surface area contributed by atoms with Crippen LogP contribution in [0.4, 0.5) is 0 Å². The average Bonchev–Trinajstić information content (AvgIpc) is 2.96. The molecule has 1 unspecified atom stereocenters. The van der Waals surface area contributed by atoms with E-state index in [1.54, 1.807) is 0 Å². The highest BCUT2D eigenvalue weighted by molar-refractivity contribution is 6.07. The van der Waals surface area contributed by atoms with Crippen molar-refractivity contribution in [1.82, 2.24) is 4.57 Å². The van der Waals surface area contributed by atoms with Crippen LogP contribution in [-0.4, -0.2) is 60.5 Å². The van der Waals surface area contributed by atoms with Crippen molar-refractivity contribution in [2.24, 2.45) is 0 Å². The van der Waals surface area contributed by atoms with Gasteiger partial charge in [0, 0.05) is 21.8 Å². The van der Waals surface area contributed by atoms with Crippen LogP contribution in [0, 0.1) is 0 Å². The number of esters is 1. The first-order valence-electron chi connectivity index (χ1n) is 9.32. The third kappa shape index (κ3) is 2.59. The number of quaternary nitrogens is 1. The third-order valence-corrected chi connectivity index (χ3v) is 5.84. The molecule has 5 rings (SSSR count). The summed E-state index contributed by atoms with van der Waals surface area (Å²) in [6.07, 6.45) is -0.103. The van der Waals surface area contributed by atoms with Crippen LogP contribution in [0.5, 0.6) is 0 Å². The first-order chi connectivity index (χ1) is 12.7. The summed E-state index contributed by atoms with van der Waals surface area (Å²) in [4.78, 5) is 12.3. The predicted octanol–water partition coefficient (Wildman–Crippen LogP) is 2.57. The fourth-order valence-electron chi connectivity index (χ4n) is 4.60. The molecule has 134 valence electrons. The average molecular weight is 351 g/mol. The van der Waals surface area contributed by atoms with Crippen molar-refractivity contribution in [2.75, 3.05) is 39.4 Å². The van der Waals surface area contributed by atoms with Gasteiger partial charge in [0.15, 0.2) is 12.6 Å². The van der Waals surface area contributed by atoms with Crippen molar-refractivity contribution in [2.45, 2.75) is 12.6 Å². The van der Waals surface area contributed by atoms with Gasteiger partial charge in [-0.1, -0.05) is 36.4 Å². The molecule has 2 aliphatic rings. The van der Waals surface area contributed by atoms with E-state index >= 15 is 0 Å². The fourth-order valence-corrected chi connectivity index (χ4v) is 4.60. The number of rotatable bonds is 2. The van der Waals surface area contributed by atoms with E-state index in [1.165, 1.54) is 21.8 Å². The lowest BCUT2D eigenvalue weighted by atomic mass is 10.1. The van der Waals surface area contributed by atoms with Crippen LogP contribution in [0.25, 0.3) is 21.8 Å². The van der Waals surface area contributed by atoms with Crippen LogP contribution in [0.15, 0.2) is 48.5 Å². The van der Waals surface area contributed by atoms with E-state index in [1.807, 2.05) is 0 Å². The molecular weight excluding hydrogens is 328 g/mol. The first kappa shape index (κ1) is 15.9. The number of hydrogen-bond donors (Lipinski definition) is 0. The zero-order valence-electron chi connectivity index (χ0n) is 14.8. The van der Waals surface area contributed by atoms with E-state index in [9.17, 15) is 4.79 Å². The van der Waals surface area contributed by atoms with Crippen LogP contribution >= 0.6 is 0 Å². The van der Waals surface area contributed by atoms with E-state index in [2.05, 4.69) is 53.1 Å². The molecule has 0 bridgehead atoms. The topological polar surface area (TPSA) is 40.5 Å². The second kappa shape index (κ2) is 6.11. The normalized spacial score (nSPS) is 22.8. The van der Waals surface area contributed by atoms with Gasteiger partial charge in [-0.05, 0) is 12.1 Å². The van der Waals surface area contributed by atoms with Gasteiger partial charge in [-0.15, -0.1) is 0 Å². The molecule has 2 fully saturated rings. The molecule has 2 aliphatic heterocycles. The highest BCUT2D eigenvalue weighted by atomic mass is 16.6. The van der Waals surface area contributed by atoms with Crippen LogP contribution in [-0.2, 0) is 20.8 Å². The number of para-hydroxylation sites is 2. The number of fused-ring (bicyclic) bond motifs is 3. The highest BCUT2D eigenvalue weighted by Gasteiger charge is 2.42. The SMILES string of the molecule is O=C1C[N+]2(CCOCC2)CC(Cn2c3ccccc3c3ccccc32)O1. The Balaban J connectivity index is 1.53. The Morgan fingerprint density at radius 2 is 1.58 bits per heavy atom. The van der Waals surface area contributed by atoms with Crippen molar-refractivity contribution in [1.29, 1.82) is 0 Å². The van der Waals surface area contributed by atoms with E-state index in [0.29, 0.717) is 13.1 Å². The first-order valence-corrected chi connectivity index (χ1v) is 9.32. The number of ether oxygens (including phenoxy) is 2. The zero-order chi connectivity index (χ0) is 17.6. The van der Waals surface area contributed by atoms with Crippen molar-refractivity contribution in [3.05, 3.63) is 48.5 Å². The second-order valence-electron chi connectivity index (χ2n) is 7.50. The van der Waals surface area contributed by atoms with Crippen LogP contribution < -0.4 is 0 Å². The molecule has 0 aliphatic carbocycles. The number of cyclic esters (lactones) is 1. The lowest BCUT2D eigenvalue weighted by Gasteiger charge is -2.45. The summed E-state index contributed by atoms with van der Waals surface area (Å²) in [5.74, 6) is -0.0797. The Hall–Kier alpha value is -2.37. The van der Waals surface area contributed by atoms with Gasteiger partial charge in [0.25, 0.3) is 0 Å². The molecule has 1 aromatic heterocycles. The molecule has 1 atom stereocenters. The minimum atomic E-state index is -0.103. The summed E-state index contributed by atoms with van der Waals surface area (Å²) in [6, 6.07) is 16.9. The maximum atomic E-state index is 12.3. The summed E-state index contributed by atoms with van der Waals surface area (Å²) in [5.41, 5.74) is 2.40. The molecule has 2 aromatic carbocycles. The van der Waals surface area contributed by atoms with Gasteiger partial charge in [0.2, 0.25) is 0 Å². The number of benzene rings is 2. The summed E-state index contributed by atoms with van der Waals surface area (Å²) >= 11 is 0. The lowest BCUT2D eigenvalue weighted by molar-refractivity contribution is -0.935. The van der Waals surface area contributed by atoms with E-state index in [4.69, 9.17) is 9.47 Å². The maximum Gasteiger partial charge on any atom is 0.362 e. The number of aromatic nitrogens is 1. The highest BCUT2D eigenvalue weighted by Crippen LogP contribution is 2.30. The molecular formula is C21H23N2O3+. The Kier molecular flexibility index (Phi) is 3.72. The largest absolute Gasteiger partial charge is 0.450 e. The Morgan fingerprint density at radius 3 is 2.23 bits per heavy atom. The number of nitrogens with zero attached hydrogens (tertiary/aromatic N) is 2. The van der Waals surface area contributed by atoms with Crippen LogP contribution in [0.3, 0.4) is 0 Å². The van der Waals surface area contributed by atoms with Crippen molar-refractivity contribution in [3.8, 4) is 0 Å². The van der Waals surface area contributed by atoms with Gasteiger partial charge in [-0.3, -0.25) is 0 Å². The predicted molar refractivity (Wildman–Crippen MR) is 99.9 cm³/mol. The number of carbonyl (C=O) groups is 1. The van der Waals surface area contributed by atoms with Gasteiger partial charge in [-0.2, -0.15) is 0 Å². The summed E-state index contributed by atoms with van der Waals surface area (Å²) < 4.78 is 14.4. The molecule has 26 heavy (non-hydrogen) atoms. The molecule has 2 saturated heterocycles. The van der Waals surface area contributed by atoms with E-state index < -0.39 is 0 Å². The Bertz CT molecular complexity index is 918. The molecule has 3 heterocycles. The van der Waals surface area contributed by atoms with Crippen molar-refractivity contribution < 1.29 is 18.8 Å². The standard InChI is InChI=1S/C21H23N2O3/c24-21-15-23(9-11-25-12-10-23)14-16(26-21)13-22-19-7-3-1-5-17(19)18-6-2-4-8-20(18)22/h1-8,16H,9-15H2/q+1. The van der Waals surface area contributed by atoms with E-state index in [0.717, 1.165) is 37.3 Å². The Labute approximate surface area is 152 Å². The molecule has 3 aromatic rings. The van der Waals surface area contributed by atoms with Gasteiger partial charge < -0.3 is 18.5 Å². The lowest BCUT2D eigenvalue weighted by Crippen LogP contribution is -2.64. The molecule has 0 N–H and O–H groups in total. The summed E-state index contributed by atoms with van der Waals surface area (Å²) in [6.45, 7) is 5.31. The molecule has 5 nitrogen and oxygen atoms in total. The van der Waals surface area contributed by atoms with Crippen molar-refractivity contribution >= 4 is 27.8 Å². The smallest absolute Gasteiger partial charge is 0.362 e. The summed E-state index contributed by atoms with van der Waals surface area (Å²) in [5, 5.41) is 2.50. The molecule has 0 radical (unpaired) electrons. The molecule has 0 saturated carbocycles. The second-order valence-corrected chi connectivity index (χ2v) is 7.50. The van der Waals surface area contributed by atoms with E-state index in [-0.39, 0.29) is 12.1 Å². The molecule has 0 amide bonds. The van der Waals surface area contributed by atoms with Crippen molar-refractivity contribution in [3.63, 3.8) is 0 Å². The van der Waals surface area contributed by atoms with Gasteiger partial charge in [0.1, 0.15) is 19.6 Å². The maximum absolute atomic E-state index is 12.3. The zero-order valence-corrected chi connectivity index (χ0v) is 14.8. The van der Waals surface area contributed by atoms with Crippen LogP contribution in [0.1, 0.15) is 0 Å². The third-order valence-electron chi connectivity index (χ3n) is 5.84. The number of carbonyl (C=O) groups excluding carboxylic acids is 1. The Morgan fingerprint density at radius 1 is 0.962 bits per heavy atom. The fraction of sp³-hybridized carbons (Fsp3) is 0.381. The number of morpholine rings is 2.